The molecule has 0 unspecified atom stereocenters. The van der Waals surface area contributed by atoms with Gasteiger partial charge in [0.1, 0.15) is 0 Å². The molecule has 0 saturated carbocycles. The number of benzene rings is 1. The first-order valence-electron chi connectivity index (χ1n) is 7.94. The van der Waals surface area contributed by atoms with Gasteiger partial charge in [0.05, 0.1) is 10.6 Å². The molecule has 1 aromatic rings. The number of anilines is 1. The summed E-state index contributed by atoms with van der Waals surface area (Å²) in [6.07, 6.45) is 6.68. The minimum Gasteiger partial charge on any atom is -0.399 e. The summed E-state index contributed by atoms with van der Waals surface area (Å²) in [7, 11) is 0. The molecular formula is C17H27ClN2O. The highest BCUT2D eigenvalue weighted by Gasteiger charge is 2.17. The fourth-order valence-corrected chi connectivity index (χ4v) is 2.57. The van der Waals surface area contributed by atoms with Gasteiger partial charge in [0.2, 0.25) is 0 Å². The molecule has 0 atom stereocenters. The second-order valence-corrected chi connectivity index (χ2v) is 5.85. The zero-order chi connectivity index (χ0) is 15.7. The molecule has 118 valence electrons. The molecule has 0 aliphatic carbocycles. The highest BCUT2D eigenvalue weighted by Crippen LogP contribution is 2.21. The van der Waals surface area contributed by atoms with Crippen LogP contribution in [0.2, 0.25) is 5.02 Å². The van der Waals surface area contributed by atoms with E-state index in [9.17, 15) is 4.79 Å². The Hall–Kier alpha value is -1.22. The quantitative estimate of drug-likeness (QED) is 0.528. The van der Waals surface area contributed by atoms with Crippen LogP contribution in [0.15, 0.2) is 18.2 Å². The molecule has 0 bridgehead atoms. The van der Waals surface area contributed by atoms with Gasteiger partial charge in [-0.05, 0) is 31.0 Å². The minimum absolute atomic E-state index is 0.0206. The number of nitrogens with two attached hydrogens (primary N) is 1. The van der Waals surface area contributed by atoms with E-state index in [1.807, 2.05) is 4.90 Å². The zero-order valence-corrected chi connectivity index (χ0v) is 14.0. The number of rotatable bonds is 9. The Balaban J connectivity index is 2.76. The van der Waals surface area contributed by atoms with E-state index in [1.165, 1.54) is 0 Å². The van der Waals surface area contributed by atoms with Crippen molar-refractivity contribution in [3.63, 3.8) is 0 Å². The lowest BCUT2D eigenvalue weighted by Gasteiger charge is -2.23. The molecule has 0 aliphatic rings. The number of nitrogens with zero attached hydrogens (tertiary/aromatic N) is 1. The summed E-state index contributed by atoms with van der Waals surface area (Å²) in [4.78, 5) is 14.6. The summed E-state index contributed by atoms with van der Waals surface area (Å²) in [5.41, 5.74) is 6.83. The van der Waals surface area contributed by atoms with E-state index in [2.05, 4.69) is 13.8 Å². The van der Waals surface area contributed by atoms with E-state index < -0.39 is 0 Å². The largest absolute Gasteiger partial charge is 0.399 e. The van der Waals surface area contributed by atoms with Crippen molar-refractivity contribution in [2.24, 2.45) is 0 Å². The monoisotopic (exact) mass is 310 g/mol. The SMILES string of the molecule is CCCCCN(CCCCC)C(=O)c1ccc(N)cc1Cl. The standard InChI is InChI=1S/C17H27ClN2O/c1-3-5-7-11-20(12-8-6-4-2)17(21)15-10-9-14(19)13-16(15)18/h9-10,13H,3-8,11-12,19H2,1-2H3. The topological polar surface area (TPSA) is 46.3 Å². The van der Waals surface area contributed by atoms with Crippen molar-refractivity contribution >= 4 is 23.2 Å². The van der Waals surface area contributed by atoms with Crippen molar-refractivity contribution in [1.29, 1.82) is 0 Å². The Morgan fingerprint density at radius 2 is 1.67 bits per heavy atom. The summed E-state index contributed by atoms with van der Waals surface area (Å²) in [5.74, 6) is 0.0206. The molecule has 2 N–H and O–H groups in total. The Labute approximate surface area is 133 Å². The molecule has 4 heteroatoms. The summed E-state index contributed by atoms with van der Waals surface area (Å²) in [5, 5.41) is 0.441. The molecular weight excluding hydrogens is 284 g/mol. The van der Waals surface area contributed by atoms with Crippen LogP contribution in [0.3, 0.4) is 0 Å². The molecule has 0 spiro atoms. The molecule has 0 saturated heterocycles. The van der Waals surface area contributed by atoms with Crippen LogP contribution in [-0.2, 0) is 0 Å². The van der Waals surface area contributed by atoms with Crippen LogP contribution >= 0.6 is 11.6 Å². The van der Waals surface area contributed by atoms with Gasteiger partial charge in [0, 0.05) is 18.8 Å². The number of amides is 1. The first-order valence-corrected chi connectivity index (χ1v) is 8.32. The van der Waals surface area contributed by atoms with E-state index in [4.69, 9.17) is 17.3 Å². The molecule has 0 aliphatic heterocycles. The Kier molecular flexibility index (Phi) is 8.21. The molecule has 0 aromatic heterocycles. The summed E-state index contributed by atoms with van der Waals surface area (Å²) in [6.45, 7) is 5.94. The van der Waals surface area contributed by atoms with Crippen molar-refractivity contribution < 1.29 is 4.79 Å². The Morgan fingerprint density at radius 3 is 2.14 bits per heavy atom. The number of hydrogen-bond donors (Lipinski definition) is 1. The number of carbonyl (C=O) groups excluding carboxylic acids is 1. The van der Waals surface area contributed by atoms with Gasteiger partial charge in [-0.25, -0.2) is 0 Å². The maximum Gasteiger partial charge on any atom is 0.255 e. The average Bonchev–Trinajstić information content (AvgIpc) is 2.45. The molecule has 0 fully saturated rings. The number of nitrogen functional groups attached to an aromatic ring is 1. The van der Waals surface area contributed by atoms with Gasteiger partial charge in [-0.1, -0.05) is 51.1 Å². The lowest BCUT2D eigenvalue weighted by Crippen LogP contribution is -2.33. The third kappa shape index (κ3) is 5.96. The maximum absolute atomic E-state index is 12.7. The highest BCUT2D eigenvalue weighted by molar-refractivity contribution is 6.34. The number of halogens is 1. The fraction of sp³-hybridized carbons (Fsp3) is 0.588. The molecule has 21 heavy (non-hydrogen) atoms. The second-order valence-electron chi connectivity index (χ2n) is 5.45. The highest BCUT2D eigenvalue weighted by atomic mass is 35.5. The van der Waals surface area contributed by atoms with Gasteiger partial charge >= 0.3 is 0 Å². The van der Waals surface area contributed by atoms with E-state index in [0.29, 0.717) is 16.3 Å². The number of unbranched alkanes of at least 4 members (excludes halogenated alkanes) is 4. The van der Waals surface area contributed by atoms with Crippen molar-refractivity contribution in [3.8, 4) is 0 Å². The molecule has 1 amide bonds. The zero-order valence-electron chi connectivity index (χ0n) is 13.2. The molecule has 1 aromatic carbocycles. The molecule has 0 heterocycles. The normalized spacial score (nSPS) is 10.6. The van der Waals surface area contributed by atoms with E-state index in [-0.39, 0.29) is 5.91 Å². The van der Waals surface area contributed by atoms with E-state index in [1.54, 1.807) is 18.2 Å². The number of carbonyl (C=O) groups is 1. The van der Waals surface area contributed by atoms with Gasteiger partial charge in [-0.15, -0.1) is 0 Å². The van der Waals surface area contributed by atoms with Crippen LogP contribution in [0.25, 0.3) is 0 Å². The third-order valence-electron chi connectivity index (χ3n) is 3.57. The molecule has 0 radical (unpaired) electrons. The van der Waals surface area contributed by atoms with Crippen LogP contribution in [0.1, 0.15) is 62.7 Å². The van der Waals surface area contributed by atoms with Crippen molar-refractivity contribution in [1.82, 2.24) is 4.90 Å². The van der Waals surface area contributed by atoms with Crippen LogP contribution in [0, 0.1) is 0 Å². The van der Waals surface area contributed by atoms with Crippen LogP contribution in [0.4, 0.5) is 5.69 Å². The van der Waals surface area contributed by atoms with Crippen LogP contribution < -0.4 is 5.73 Å². The van der Waals surface area contributed by atoms with Crippen LogP contribution in [0.5, 0.6) is 0 Å². The van der Waals surface area contributed by atoms with Gasteiger partial charge in [0.15, 0.2) is 0 Å². The van der Waals surface area contributed by atoms with Gasteiger partial charge in [-0.2, -0.15) is 0 Å². The summed E-state index contributed by atoms with van der Waals surface area (Å²) >= 11 is 6.16. The number of hydrogen-bond acceptors (Lipinski definition) is 2. The Bertz CT molecular complexity index is 438. The maximum atomic E-state index is 12.7. The fourth-order valence-electron chi connectivity index (χ4n) is 2.30. The van der Waals surface area contributed by atoms with Crippen LogP contribution in [-0.4, -0.2) is 23.9 Å². The average molecular weight is 311 g/mol. The van der Waals surface area contributed by atoms with Crippen molar-refractivity contribution in [2.45, 2.75) is 52.4 Å². The molecule has 3 nitrogen and oxygen atoms in total. The first-order chi connectivity index (χ1) is 10.1. The third-order valence-corrected chi connectivity index (χ3v) is 3.89. The second kappa shape index (κ2) is 9.67. The Morgan fingerprint density at radius 1 is 1.10 bits per heavy atom. The van der Waals surface area contributed by atoms with Gasteiger partial charge < -0.3 is 10.6 Å². The van der Waals surface area contributed by atoms with Gasteiger partial charge in [0.25, 0.3) is 5.91 Å². The van der Waals surface area contributed by atoms with Crippen molar-refractivity contribution in [3.05, 3.63) is 28.8 Å². The van der Waals surface area contributed by atoms with Gasteiger partial charge in [-0.3, -0.25) is 4.79 Å². The first kappa shape index (κ1) is 17.8. The lowest BCUT2D eigenvalue weighted by atomic mass is 10.1. The predicted octanol–water partition coefficient (Wildman–Crippen LogP) is 4.74. The smallest absolute Gasteiger partial charge is 0.255 e. The summed E-state index contributed by atoms with van der Waals surface area (Å²) in [6, 6.07) is 5.10. The van der Waals surface area contributed by atoms with Crippen molar-refractivity contribution in [2.75, 3.05) is 18.8 Å². The summed E-state index contributed by atoms with van der Waals surface area (Å²) < 4.78 is 0. The molecule has 1 rings (SSSR count). The van der Waals surface area contributed by atoms with E-state index >= 15 is 0 Å². The predicted molar refractivity (Wildman–Crippen MR) is 90.8 cm³/mol. The van der Waals surface area contributed by atoms with E-state index in [0.717, 1.165) is 51.6 Å². The minimum atomic E-state index is 0.0206. The lowest BCUT2D eigenvalue weighted by molar-refractivity contribution is 0.0750.